The number of carbonyl (C=O) groups excluding carboxylic acids is 2. The molecule has 102 valence electrons. The summed E-state index contributed by atoms with van der Waals surface area (Å²) in [6, 6.07) is 3.08. The van der Waals surface area contributed by atoms with Crippen molar-refractivity contribution in [2.24, 2.45) is 11.7 Å². The van der Waals surface area contributed by atoms with Crippen LogP contribution in [0.5, 0.6) is 0 Å². The summed E-state index contributed by atoms with van der Waals surface area (Å²) in [6.07, 6.45) is 0.0728. The Morgan fingerprint density at radius 1 is 1.42 bits per heavy atom. The van der Waals surface area contributed by atoms with Gasteiger partial charge in [0, 0.05) is 13.0 Å². The quantitative estimate of drug-likeness (QED) is 0.899. The van der Waals surface area contributed by atoms with Crippen LogP contribution < -0.4 is 5.73 Å². The van der Waals surface area contributed by atoms with Crippen LogP contribution in [0.1, 0.15) is 24.9 Å². The van der Waals surface area contributed by atoms with E-state index >= 15 is 0 Å². The third-order valence-corrected chi connectivity index (χ3v) is 3.45. The number of amides is 2. The lowest BCUT2D eigenvalue weighted by atomic mass is 10.1. The van der Waals surface area contributed by atoms with E-state index in [9.17, 15) is 18.4 Å². The average Bonchev–Trinajstić information content (AvgIpc) is 2.74. The Kier molecular flexibility index (Phi) is 3.50. The van der Waals surface area contributed by atoms with Crippen LogP contribution in [0.2, 0.25) is 0 Å². The predicted molar refractivity (Wildman–Crippen MR) is 63.8 cm³/mol. The van der Waals surface area contributed by atoms with Crippen LogP contribution in [0.15, 0.2) is 18.2 Å². The van der Waals surface area contributed by atoms with Gasteiger partial charge in [-0.15, -0.1) is 0 Å². The van der Waals surface area contributed by atoms with E-state index in [4.69, 9.17) is 5.73 Å². The van der Waals surface area contributed by atoms with E-state index < -0.39 is 29.5 Å². The van der Waals surface area contributed by atoms with Crippen LogP contribution in [-0.4, -0.2) is 23.3 Å². The first-order chi connectivity index (χ1) is 8.90. The third-order valence-electron chi connectivity index (χ3n) is 3.45. The minimum atomic E-state index is -0.956. The third kappa shape index (κ3) is 2.57. The number of hydrogen-bond donors (Lipinski definition) is 1. The van der Waals surface area contributed by atoms with Gasteiger partial charge in [-0.05, 0) is 24.6 Å². The molecule has 2 amide bonds. The minimum absolute atomic E-state index is 0.0728. The second kappa shape index (κ2) is 4.95. The first-order valence-electron chi connectivity index (χ1n) is 5.94. The van der Waals surface area contributed by atoms with E-state index in [0.717, 1.165) is 12.1 Å². The zero-order valence-corrected chi connectivity index (χ0v) is 10.4. The SMILES string of the molecule is CC(c1ccc(F)c(F)c1)N1CC(C(N)=O)CC1=O. The molecule has 1 saturated heterocycles. The van der Waals surface area contributed by atoms with Crippen molar-refractivity contribution >= 4 is 11.8 Å². The number of likely N-dealkylation sites (tertiary alicyclic amines) is 1. The Labute approximate surface area is 109 Å². The van der Waals surface area contributed by atoms with Crippen molar-refractivity contribution in [3.05, 3.63) is 35.4 Å². The number of benzene rings is 1. The molecule has 19 heavy (non-hydrogen) atoms. The molecule has 0 bridgehead atoms. The zero-order valence-electron chi connectivity index (χ0n) is 10.4. The van der Waals surface area contributed by atoms with Gasteiger partial charge in [-0.3, -0.25) is 9.59 Å². The monoisotopic (exact) mass is 268 g/mol. The van der Waals surface area contributed by atoms with Gasteiger partial charge in [-0.1, -0.05) is 6.07 Å². The topological polar surface area (TPSA) is 63.4 Å². The van der Waals surface area contributed by atoms with Gasteiger partial charge in [0.25, 0.3) is 0 Å². The highest BCUT2D eigenvalue weighted by Gasteiger charge is 2.36. The van der Waals surface area contributed by atoms with Crippen molar-refractivity contribution in [3.8, 4) is 0 Å². The second-order valence-corrected chi connectivity index (χ2v) is 4.70. The average molecular weight is 268 g/mol. The number of nitrogens with zero attached hydrogens (tertiary/aromatic N) is 1. The minimum Gasteiger partial charge on any atom is -0.369 e. The number of carbonyl (C=O) groups is 2. The van der Waals surface area contributed by atoms with Crippen molar-refractivity contribution in [3.63, 3.8) is 0 Å². The van der Waals surface area contributed by atoms with Crippen molar-refractivity contribution in [2.75, 3.05) is 6.54 Å². The van der Waals surface area contributed by atoms with E-state index in [-0.39, 0.29) is 18.9 Å². The number of rotatable bonds is 3. The van der Waals surface area contributed by atoms with Gasteiger partial charge < -0.3 is 10.6 Å². The predicted octanol–water partition coefficient (Wildman–Crippen LogP) is 1.36. The summed E-state index contributed by atoms with van der Waals surface area (Å²) < 4.78 is 26.0. The molecule has 2 unspecified atom stereocenters. The summed E-state index contributed by atoms with van der Waals surface area (Å²) in [7, 11) is 0. The van der Waals surface area contributed by atoms with Crippen LogP contribution >= 0.6 is 0 Å². The largest absolute Gasteiger partial charge is 0.369 e. The summed E-state index contributed by atoms with van der Waals surface area (Å²) in [5.41, 5.74) is 5.66. The van der Waals surface area contributed by atoms with E-state index in [1.807, 2.05) is 0 Å². The van der Waals surface area contributed by atoms with E-state index in [1.165, 1.54) is 11.0 Å². The molecular formula is C13H14F2N2O2. The molecule has 1 aliphatic rings. The molecule has 0 radical (unpaired) electrons. The van der Waals surface area contributed by atoms with Crippen LogP contribution in [0, 0.1) is 17.6 Å². The number of nitrogens with two attached hydrogens (primary N) is 1. The van der Waals surface area contributed by atoms with Gasteiger partial charge in [0.2, 0.25) is 11.8 Å². The molecule has 0 spiro atoms. The fourth-order valence-corrected chi connectivity index (χ4v) is 2.25. The Bertz CT molecular complexity index is 533. The maximum Gasteiger partial charge on any atom is 0.223 e. The molecule has 1 fully saturated rings. The van der Waals surface area contributed by atoms with E-state index in [1.54, 1.807) is 6.92 Å². The van der Waals surface area contributed by atoms with Gasteiger partial charge >= 0.3 is 0 Å². The fourth-order valence-electron chi connectivity index (χ4n) is 2.25. The van der Waals surface area contributed by atoms with Gasteiger partial charge in [0.05, 0.1) is 12.0 Å². The fraction of sp³-hybridized carbons (Fsp3) is 0.385. The van der Waals surface area contributed by atoms with Gasteiger partial charge in [0.15, 0.2) is 11.6 Å². The number of hydrogen-bond acceptors (Lipinski definition) is 2. The highest BCUT2D eigenvalue weighted by Crippen LogP contribution is 2.28. The summed E-state index contributed by atoms with van der Waals surface area (Å²) in [4.78, 5) is 24.4. The van der Waals surface area contributed by atoms with E-state index in [2.05, 4.69) is 0 Å². The molecular weight excluding hydrogens is 254 g/mol. The van der Waals surface area contributed by atoms with Crippen molar-refractivity contribution in [1.29, 1.82) is 0 Å². The molecule has 0 aromatic heterocycles. The second-order valence-electron chi connectivity index (χ2n) is 4.70. The van der Waals surface area contributed by atoms with E-state index in [0.29, 0.717) is 5.56 Å². The summed E-state index contributed by atoms with van der Waals surface area (Å²) >= 11 is 0. The van der Waals surface area contributed by atoms with Crippen molar-refractivity contribution in [1.82, 2.24) is 4.90 Å². The maximum atomic E-state index is 13.2. The summed E-state index contributed by atoms with van der Waals surface area (Å²) in [6.45, 7) is 1.92. The normalized spacial score (nSPS) is 20.7. The molecule has 6 heteroatoms. The maximum absolute atomic E-state index is 13.2. The molecule has 2 atom stereocenters. The number of halogens is 2. The van der Waals surface area contributed by atoms with Crippen LogP contribution in [-0.2, 0) is 9.59 Å². The molecule has 1 aliphatic heterocycles. The Balaban J connectivity index is 2.19. The molecule has 0 saturated carbocycles. The lowest BCUT2D eigenvalue weighted by Crippen LogP contribution is -2.30. The van der Waals surface area contributed by atoms with Gasteiger partial charge in [-0.25, -0.2) is 8.78 Å². The molecule has 2 N–H and O–H groups in total. The lowest BCUT2D eigenvalue weighted by Gasteiger charge is -2.25. The first-order valence-corrected chi connectivity index (χ1v) is 5.94. The summed E-state index contributed by atoms with van der Waals surface area (Å²) in [5, 5.41) is 0. The molecule has 1 aromatic carbocycles. The van der Waals surface area contributed by atoms with Crippen LogP contribution in [0.3, 0.4) is 0 Å². The molecule has 1 heterocycles. The lowest BCUT2D eigenvalue weighted by molar-refractivity contribution is -0.130. The van der Waals surface area contributed by atoms with Crippen molar-refractivity contribution in [2.45, 2.75) is 19.4 Å². The van der Waals surface area contributed by atoms with Crippen LogP contribution in [0.4, 0.5) is 8.78 Å². The number of primary amides is 1. The first kappa shape index (κ1) is 13.5. The van der Waals surface area contributed by atoms with Gasteiger partial charge in [-0.2, -0.15) is 0 Å². The molecule has 0 aliphatic carbocycles. The standard InChI is InChI=1S/C13H14F2N2O2/c1-7(8-2-3-10(14)11(15)4-8)17-6-9(13(16)19)5-12(17)18/h2-4,7,9H,5-6H2,1H3,(H2,16,19). The Morgan fingerprint density at radius 2 is 2.11 bits per heavy atom. The van der Waals surface area contributed by atoms with Gasteiger partial charge in [0.1, 0.15) is 0 Å². The summed E-state index contributed by atoms with van der Waals surface area (Å²) in [5.74, 6) is -3.13. The zero-order chi connectivity index (χ0) is 14.2. The van der Waals surface area contributed by atoms with Crippen LogP contribution in [0.25, 0.3) is 0 Å². The van der Waals surface area contributed by atoms with Crippen molar-refractivity contribution < 1.29 is 18.4 Å². The Morgan fingerprint density at radius 3 is 2.63 bits per heavy atom. The molecule has 1 aromatic rings. The molecule has 2 rings (SSSR count). The highest BCUT2D eigenvalue weighted by atomic mass is 19.2. The smallest absolute Gasteiger partial charge is 0.223 e. The Hall–Kier alpha value is -1.98. The molecule has 4 nitrogen and oxygen atoms in total. The highest BCUT2D eigenvalue weighted by molar-refractivity contribution is 5.88.